The fourth-order valence-electron chi connectivity index (χ4n) is 3.33. The molecule has 0 saturated heterocycles. The van der Waals surface area contributed by atoms with Gasteiger partial charge in [-0.1, -0.05) is 32.4 Å². The van der Waals surface area contributed by atoms with Crippen LogP contribution in [-0.2, 0) is 4.79 Å². The molecule has 0 heterocycles. The molecule has 3 N–H and O–H groups in total. The number of nitrogens with two attached hydrogens (primary N) is 1. The fraction of sp³-hybridized carbons (Fsp3) is 0.562. The zero-order valence-corrected chi connectivity index (χ0v) is 15.0. The Kier molecular flexibility index (Phi) is 4.60. The molecular weight excluding hydrogens is 352 g/mol. The first-order valence-electron chi connectivity index (χ1n) is 7.19. The maximum Gasteiger partial charge on any atom is 0.243 e. The third-order valence-electron chi connectivity index (χ3n) is 4.62. The van der Waals surface area contributed by atoms with Gasteiger partial charge < -0.3 is 11.1 Å². The van der Waals surface area contributed by atoms with Crippen molar-refractivity contribution in [2.24, 2.45) is 17.1 Å². The summed E-state index contributed by atoms with van der Waals surface area (Å²) in [7, 11) is 0. The van der Waals surface area contributed by atoms with Gasteiger partial charge in [0.2, 0.25) is 5.91 Å². The number of benzene rings is 1. The molecule has 0 spiro atoms. The van der Waals surface area contributed by atoms with Gasteiger partial charge in [0.25, 0.3) is 0 Å². The number of carbonyl (C=O) groups is 1. The minimum atomic E-state index is -0.692. The normalized spacial score (nSPS) is 28.1. The number of hydrogen-bond acceptors (Lipinski definition) is 2. The molecule has 0 bridgehead atoms. The second-order valence-corrected chi connectivity index (χ2v) is 8.12. The lowest BCUT2D eigenvalue weighted by atomic mass is 9.63. The predicted octanol–water partition coefficient (Wildman–Crippen LogP) is 4.58. The van der Waals surface area contributed by atoms with Gasteiger partial charge in [-0.2, -0.15) is 0 Å². The van der Waals surface area contributed by atoms with Gasteiger partial charge >= 0.3 is 0 Å². The molecule has 2 unspecified atom stereocenters. The molecule has 5 heteroatoms. The minimum absolute atomic E-state index is 0.174. The van der Waals surface area contributed by atoms with Crippen LogP contribution in [0, 0.1) is 11.3 Å². The molecule has 1 aliphatic carbocycles. The van der Waals surface area contributed by atoms with E-state index in [9.17, 15) is 4.79 Å². The average Bonchev–Trinajstić information content (AvgIpc) is 2.36. The number of primary amides is 1. The van der Waals surface area contributed by atoms with Crippen LogP contribution in [0.3, 0.4) is 0 Å². The highest BCUT2D eigenvalue weighted by atomic mass is 79.9. The lowest BCUT2D eigenvalue weighted by molar-refractivity contribution is -0.126. The van der Waals surface area contributed by atoms with Crippen molar-refractivity contribution < 1.29 is 4.79 Å². The van der Waals surface area contributed by atoms with Crippen molar-refractivity contribution in [3.63, 3.8) is 0 Å². The molecule has 1 aliphatic rings. The van der Waals surface area contributed by atoms with Gasteiger partial charge in [-0.3, -0.25) is 4.79 Å². The van der Waals surface area contributed by atoms with Crippen molar-refractivity contribution in [1.29, 1.82) is 0 Å². The van der Waals surface area contributed by atoms with Crippen molar-refractivity contribution >= 4 is 39.1 Å². The number of amides is 1. The zero-order chi connectivity index (χ0) is 15.8. The SMILES string of the molecule is CC1CC(C)(C)CCC1(Nc1ccc(Cl)c(Br)c1)C(N)=O. The van der Waals surface area contributed by atoms with E-state index in [4.69, 9.17) is 17.3 Å². The summed E-state index contributed by atoms with van der Waals surface area (Å²) >= 11 is 9.43. The maximum atomic E-state index is 12.2. The topological polar surface area (TPSA) is 55.1 Å². The molecule has 2 rings (SSSR count). The summed E-state index contributed by atoms with van der Waals surface area (Å²) < 4.78 is 0.803. The lowest BCUT2D eigenvalue weighted by Gasteiger charge is -2.47. The second-order valence-electron chi connectivity index (χ2n) is 6.86. The van der Waals surface area contributed by atoms with E-state index in [1.807, 2.05) is 12.1 Å². The van der Waals surface area contributed by atoms with Crippen LogP contribution >= 0.6 is 27.5 Å². The molecule has 1 fully saturated rings. The summed E-state index contributed by atoms with van der Waals surface area (Å²) in [5.41, 5.74) is 6.17. The Bertz CT molecular complexity index is 561. The van der Waals surface area contributed by atoms with E-state index < -0.39 is 5.54 Å². The Balaban J connectivity index is 2.31. The number of halogens is 2. The van der Waals surface area contributed by atoms with Crippen molar-refractivity contribution in [3.8, 4) is 0 Å². The predicted molar refractivity (Wildman–Crippen MR) is 91.5 cm³/mol. The first-order valence-corrected chi connectivity index (χ1v) is 8.36. The maximum absolute atomic E-state index is 12.2. The monoisotopic (exact) mass is 372 g/mol. The van der Waals surface area contributed by atoms with Gasteiger partial charge in [0, 0.05) is 10.2 Å². The molecule has 1 amide bonds. The van der Waals surface area contributed by atoms with Crippen LogP contribution in [-0.4, -0.2) is 11.4 Å². The molecule has 0 radical (unpaired) electrons. The molecule has 0 aromatic heterocycles. The highest BCUT2D eigenvalue weighted by molar-refractivity contribution is 9.10. The van der Waals surface area contributed by atoms with Crippen LogP contribution in [0.2, 0.25) is 5.02 Å². The van der Waals surface area contributed by atoms with Crippen LogP contribution in [0.25, 0.3) is 0 Å². The highest BCUT2D eigenvalue weighted by Crippen LogP contribution is 2.45. The number of carbonyl (C=O) groups excluding carboxylic acids is 1. The van der Waals surface area contributed by atoms with E-state index >= 15 is 0 Å². The lowest BCUT2D eigenvalue weighted by Crippen LogP contribution is -2.58. The van der Waals surface area contributed by atoms with E-state index in [0.29, 0.717) is 5.02 Å². The minimum Gasteiger partial charge on any atom is -0.371 e. The molecule has 2 atom stereocenters. The van der Waals surface area contributed by atoms with Crippen molar-refractivity contribution in [2.75, 3.05) is 5.32 Å². The third-order valence-corrected chi connectivity index (χ3v) is 5.84. The van der Waals surface area contributed by atoms with E-state index in [1.165, 1.54) is 0 Å². The van der Waals surface area contributed by atoms with Crippen LogP contribution in [0.5, 0.6) is 0 Å². The number of rotatable bonds is 3. The molecule has 116 valence electrons. The zero-order valence-electron chi connectivity index (χ0n) is 12.7. The summed E-state index contributed by atoms with van der Waals surface area (Å²) in [6.45, 7) is 6.59. The van der Waals surface area contributed by atoms with Gasteiger partial charge in [0.15, 0.2) is 0 Å². The van der Waals surface area contributed by atoms with Crippen LogP contribution in [0.1, 0.15) is 40.0 Å². The fourth-order valence-corrected chi connectivity index (χ4v) is 3.83. The molecular formula is C16H22BrClN2O. The number of anilines is 1. The van der Waals surface area contributed by atoms with E-state index in [1.54, 1.807) is 6.07 Å². The Hall–Kier alpha value is -0.740. The quantitative estimate of drug-likeness (QED) is 0.814. The largest absolute Gasteiger partial charge is 0.371 e. The number of nitrogens with one attached hydrogen (secondary N) is 1. The van der Waals surface area contributed by atoms with Gasteiger partial charge in [-0.25, -0.2) is 0 Å². The Morgan fingerprint density at radius 1 is 1.43 bits per heavy atom. The molecule has 21 heavy (non-hydrogen) atoms. The summed E-state index contributed by atoms with van der Waals surface area (Å²) in [6, 6.07) is 5.57. The average molecular weight is 374 g/mol. The summed E-state index contributed by atoms with van der Waals surface area (Å²) in [4.78, 5) is 12.2. The summed E-state index contributed by atoms with van der Waals surface area (Å²) in [6.07, 6.45) is 2.69. The third kappa shape index (κ3) is 3.37. The Morgan fingerprint density at radius 2 is 2.10 bits per heavy atom. The van der Waals surface area contributed by atoms with Crippen LogP contribution < -0.4 is 11.1 Å². The molecule has 1 saturated carbocycles. The van der Waals surface area contributed by atoms with Gasteiger partial charge in [-0.15, -0.1) is 0 Å². The van der Waals surface area contributed by atoms with Gasteiger partial charge in [-0.05, 0) is 64.7 Å². The smallest absolute Gasteiger partial charge is 0.243 e. The molecule has 1 aromatic carbocycles. The van der Waals surface area contributed by atoms with Crippen LogP contribution in [0.4, 0.5) is 5.69 Å². The number of hydrogen-bond donors (Lipinski definition) is 2. The van der Waals surface area contributed by atoms with Crippen LogP contribution in [0.15, 0.2) is 22.7 Å². The van der Waals surface area contributed by atoms with Gasteiger partial charge in [0.1, 0.15) is 5.54 Å². The van der Waals surface area contributed by atoms with Crippen molar-refractivity contribution in [1.82, 2.24) is 0 Å². The van der Waals surface area contributed by atoms with Crippen molar-refractivity contribution in [3.05, 3.63) is 27.7 Å². The highest BCUT2D eigenvalue weighted by Gasteiger charge is 2.48. The first-order chi connectivity index (χ1) is 9.66. The van der Waals surface area contributed by atoms with E-state index in [2.05, 4.69) is 42.0 Å². The Labute approximate surface area is 139 Å². The molecule has 1 aromatic rings. The summed E-state index contributed by atoms with van der Waals surface area (Å²) in [5, 5.41) is 4.03. The second kappa shape index (κ2) is 5.81. The summed E-state index contributed by atoms with van der Waals surface area (Å²) in [5.74, 6) is -0.107. The van der Waals surface area contributed by atoms with Gasteiger partial charge in [0.05, 0.1) is 5.02 Å². The molecule has 3 nitrogen and oxygen atoms in total. The van der Waals surface area contributed by atoms with E-state index in [-0.39, 0.29) is 17.2 Å². The van der Waals surface area contributed by atoms with Crippen molar-refractivity contribution in [2.45, 2.75) is 45.6 Å². The first kappa shape index (κ1) is 16.6. The van der Waals surface area contributed by atoms with E-state index in [0.717, 1.165) is 29.4 Å². The standard InChI is InChI=1S/C16H22BrClN2O/c1-10-9-15(2,3)6-7-16(10,14(19)21)20-11-4-5-13(18)12(17)8-11/h4-5,8,10,20H,6-7,9H2,1-3H3,(H2,19,21). The molecule has 0 aliphatic heterocycles. The Morgan fingerprint density at radius 3 is 2.62 bits per heavy atom.